The highest BCUT2D eigenvalue weighted by molar-refractivity contribution is 5.66. The van der Waals surface area contributed by atoms with Crippen LogP contribution in [-0.2, 0) is 0 Å². The summed E-state index contributed by atoms with van der Waals surface area (Å²) in [5.74, 6) is 0.277. The van der Waals surface area contributed by atoms with Crippen LogP contribution in [-0.4, -0.2) is 49.6 Å². The van der Waals surface area contributed by atoms with Gasteiger partial charge in [-0.3, -0.25) is 14.2 Å². The van der Waals surface area contributed by atoms with Crippen molar-refractivity contribution in [3.05, 3.63) is 102 Å². The lowest BCUT2D eigenvalue weighted by atomic mass is 9.92. The molecule has 6 aromatic rings. The molecular weight excluding hydrogens is 495 g/mol. The number of pyridine rings is 1. The number of fused-ring (bicyclic) bond motifs is 1. The van der Waals surface area contributed by atoms with E-state index in [2.05, 4.69) is 15.2 Å². The predicted molar refractivity (Wildman–Crippen MR) is 145 cm³/mol. The zero-order valence-electron chi connectivity index (χ0n) is 22.0. The third-order valence-corrected chi connectivity index (χ3v) is 6.74. The molecule has 0 amide bonds. The molecule has 0 aliphatic carbocycles. The van der Waals surface area contributed by atoms with Crippen LogP contribution >= 0.6 is 0 Å². The van der Waals surface area contributed by atoms with Gasteiger partial charge in [-0.05, 0) is 69.7 Å². The second kappa shape index (κ2) is 9.25. The molecule has 10 heteroatoms. The van der Waals surface area contributed by atoms with Crippen LogP contribution in [0, 0.1) is 19.7 Å². The Morgan fingerprint density at radius 2 is 1.56 bits per heavy atom. The van der Waals surface area contributed by atoms with Crippen LogP contribution in [0.25, 0.3) is 34.1 Å². The molecule has 0 bridgehead atoms. The molecule has 1 aromatic carbocycles. The van der Waals surface area contributed by atoms with E-state index in [9.17, 15) is 9.50 Å². The van der Waals surface area contributed by atoms with Crippen LogP contribution in [0.1, 0.15) is 36.8 Å². The number of aryl methyl sites for hydroxylation is 2. The van der Waals surface area contributed by atoms with E-state index < -0.39 is 11.6 Å². The van der Waals surface area contributed by atoms with Crippen molar-refractivity contribution in [2.45, 2.75) is 39.3 Å². The van der Waals surface area contributed by atoms with Gasteiger partial charge in [0.15, 0.2) is 5.65 Å². The SMILES string of the molecule is Cc1ccc(C)n1-c1nc2cc(-c3cncc(-c4cnn([C@H](c5ccc(F)cc5)C(C)(C)O)c4)n3)ccn2n1. The highest BCUT2D eigenvalue weighted by Crippen LogP contribution is 2.31. The van der Waals surface area contributed by atoms with Crippen molar-refractivity contribution >= 4 is 5.65 Å². The third kappa shape index (κ3) is 4.59. The van der Waals surface area contributed by atoms with Crippen molar-refractivity contribution in [3.63, 3.8) is 0 Å². The summed E-state index contributed by atoms with van der Waals surface area (Å²) in [6.07, 6.45) is 8.74. The highest BCUT2D eigenvalue weighted by atomic mass is 19.1. The van der Waals surface area contributed by atoms with Gasteiger partial charge in [-0.15, -0.1) is 5.10 Å². The Morgan fingerprint density at radius 1 is 0.872 bits per heavy atom. The fraction of sp³-hybridized carbons (Fsp3) is 0.207. The first-order chi connectivity index (χ1) is 18.7. The zero-order valence-corrected chi connectivity index (χ0v) is 22.0. The van der Waals surface area contributed by atoms with Gasteiger partial charge in [-0.1, -0.05) is 12.1 Å². The standard InChI is InChI=1S/C29H27FN8O/c1-18-5-6-19(2)38(18)28-34-26-13-21(11-12-36(26)35-28)24-15-31-16-25(33-24)22-14-32-37(17-22)27(29(3,4)39)20-7-9-23(30)10-8-20/h5-17,27,39H,1-4H3/t27-/m1/s1. The number of aromatic nitrogens is 8. The lowest BCUT2D eigenvalue weighted by molar-refractivity contribution is 0.0345. The molecule has 196 valence electrons. The molecule has 1 N–H and O–H groups in total. The molecule has 0 unspecified atom stereocenters. The van der Waals surface area contributed by atoms with E-state index >= 15 is 0 Å². The Hall–Kier alpha value is -4.70. The molecule has 0 saturated heterocycles. The lowest BCUT2D eigenvalue weighted by Crippen LogP contribution is -2.34. The average Bonchev–Trinajstić information content (AvgIpc) is 3.63. The van der Waals surface area contributed by atoms with Crippen LogP contribution in [0.5, 0.6) is 0 Å². The number of rotatable bonds is 6. The third-order valence-electron chi connectivity index (χ3n) is 6.74. The van der Waals surface area contributed by atoms with Gasteiger partial charge in [0.25, 0.3) is 5.95 Å². The van der Waals surface area contributed by atoms with Crippen LogP contribution in [0.4, 0.5) is 4.39 Å². The van der Waals surface area contributed by atoms with Gasteiger partial charge in [0, 0.05) is 34.9 Å². The average molecular weight is 523 g/mol. The predicted octanol–water partition coefficient (Wildman–Crippen LogP) is 4.96. The van der Waals surface area contributed by atoms with Crippen molar-refractivity contribution in [2.24, 2.45) is 0 Å². The van der Waals surface area contributed by atoms with E-state index in [0.717, 1.165) is 28.1 Å². The first-order valence-electron chi connectivity index (χ1n) is 12.5. The Kier molecular flexibility index (Phi) is 5.84. The Balaban J connectivity index is 1.33. The van der Waals surface area contributed by atoms with Crippen LogP contribution < -0.4 is 0 Å². The molecule has 5 aromatic heterocycles. The van der Waals surface area contributed by atoms with Crippen molar-refractivity contribution in [1.82, 2.24) is 38.9 Å². The molecule has 0 radical (unpaired) electrons. The zero-order chi connectivity index (χ0) is 27.3. The molecule has 0 aliphatic heterocycles. The second-order valence-corrected chi connectivity index (χ2v) is 10.2. The number of nitrogens with zero attached hydrogens (tertiary/aromatic N) is 8. The van der Waals surface area contributed by atoms with E-state index in [-0.39, 0.29) is 5.82 Å². The van der Waals surface area contributed by atoms with Gasteiger partial charge in [0.2, 0.25) is 0 Å². The molecule has 6 rings (SSSR count). The van der Waals surface area contributed by atoms with E-state index in [1.807, 2.05) is 55.1 Å². The Morgan fingerprint density at radius 3 is 2.26 bits per heavy atom. The van der Waals surface area contributed by atoms with Gasteiger partial charge in [-0.25, -0.2) is 13.9 Å². The Bertz CT molecular complexity index is 1770. The van der Waals surface area contributed by atoms with Crippen molar-refractivity contribution in [1.29, 1.82) is 0 Å². The molecule has 0 aliphatic rings. The quantitative estimate of drug-likeness (QED) is 0.332. The summed E-state index contributed by atoms with van der Waals surface area (Å²) in [7, 11) is 0. The number of hydrogen-bond acceptors (Lipinski definition) is 6. The lowest BCUT2D eigenvalue weighted by Gasteiger charge is -2.30. The van der Waals surface area contributed by atoms with Gasteiger partial charge in [-0.2, -0.15) is 10.1 Å². The summed E-state index contributed by atoms with van der Waals surface area (Å²) >= 11 is 0. The first kappa shape index (κ1) is 24.6. The van der Waals surface area contributed by atoms with Crippen molar-refractivity contribution in [2.75, 3.05) is 0 Å². The maximum absolute atomic E-state index is 13.5. The fourth-order valence-corrected chi connectivity index (χ4v) is 4.89. The second-order valence-electron chi connectivity index (χ2n) is 10.2. The summed E-state index contributed by atoms with van der Waals surface area (Å²) in [6, 6.07) is 13.5. The van der Waals surface area contributed by atoms with E-state index in [1.165, 1.54) is 12.1 Å². The smallest absolute Gasteiger partial charge is 0.254 e. The molecule has 5 heterocycles. The van der Waals surface area contributed by atoms with E-state index in [4.69, 9.17) is 9.97 Å². The first-order valence-corrected chi connectivity index (χ1v) is 12.5. The van der Waals surface area contributed by atoms with Gasteiger partial charge in [0.05, 0.1) is 35.6 Å². The summed E-state index contributed by atoms with van der Waals surface area (Å²) in [5.41, 5.74) is 5.31. The summed E-state index contributed by atoms with van der Waals surface area (Å²) < 4.78 is 19.0. The van der Waals surface area contributed by atoms with Crippen LogP contribution in [0.2, 0.25) is 0 Å². The minimum absolute atomic E-state index is 0.336. The number of aliphatic hydroxyl groups is 1. The molecular formula is C29H27FN8O. The van der Waals surface area contributed by atoms with Gasteiger partial charge >= 0.3 is 0 Å². The van der Waals surface area contributed by atoms with Crippen LogP contribution in [0.15, 0.2) is 79.5 Å². The molecule has 9 nitrogen and oxygen atoms in total. The molecule has 0 spiro atoms. The molecule has 0 saturated carbocycles. The summed E-state index contributed by atoms with van der Waals surface area (Å²) in [4.78, 5) is 14.0. The van der Waals surface area contributed by atoms with Crippen molar-refractivity contribution < 1.29 is 9.50 Å². The van der Waals surface area contributed by atoms with E-state index in [1.54, 1.807) is 53.8 Å². The Labute approximate surface area is 224 Å². The van der Waals surface area contributed by atoms with E-state index in [0.29, 0.717) is 23.0 Å². The highest BCUT2D eigenvalue weighted by Gasteiger charge is 2.31. The summed E-state index contributed by atoms with van der Waals surface area (Å²) in [5, 5.41) is 20.0. The maximum Gasteiger partial charge on any atom is 0.254 e. The fourth-order valence-electron chi connectivity index (χ4n) is 4.89. The van der Waals surface area contributed by atoms with Gasteiger partial charge < -0.3 is 5.11 Å². The summed E-state index contributed by atoms with van der Waals surface area (Å²) in [6.45, 7) is 7.45. The number of halogens is 1. The monoisotopic (exact) mass is 522 g/mol. The van der Waals surface area contributed by atoms with Crippen molar-refractivity contribution in [3.8, 4) is 28.5 Å². The number of benzene rings is 1. The maximum atomic E-state index is 13.5. The largest absolute Gasteiger partial charge is 0.388 e. The molecule has 39 heavy (non-hydrogen) atoms. The van der Waals surface area contributed by atoms with Gasteiger partial charge in [0.1, 0.15) is 11.9 Å². The normalized spacial score (nSPS) is 12.8. The molecule has 0 fully saturated rings. The topological polar surface area (TPSA) is 99.0 Å². The minimum atomic E-state index is -1.15. The minimum Gasteiger partial charge on any atom is -0.388 e. The molecule has 1 atom stereocenters. The van der Waals surface area contributed by atoms with Crippen LogP contribution in [0.3, 0.4) is 0 Å². The number of hydrogen-bond donors (Lipinski definition) is 1.